The van der Waals surface area contributed by atoms with Crippen molar-refractivity contribution < 1.29 is 14.3 Å². The van der Waals surface area contributed by atoms with E-state index in [-0.39, 0.29) is 5.91 Å². The average molecular weight is 324 g/mol. The number of amides is 2. The van der Waals surface area contributed by atoms with Crippen LogP contribution in [0.25, 0.3) is 0 Å². The van der Waals surface area contributed by atoms with Crippen LogP contribution in [-0.4, -0.2) is 78.6 Å². The molecular formula is C14H20N4O3S. The first-order valence-corrected chi connectivity index (χ1v) is 8.27. The third-order valence-corrected chi connectivity index (χ3v) is 4.99. The van der Waals surface area contributed by atoms with Crippen molar-refractivity contribution in [2.75, 3.05) is 50.8 Å². The molecule has 0 bridgehead atoms. The summed E-state index contributed by atoms with van der Waals surface area (Å²) in [7, 11) is 0. The molecule has 120 valence electrons. The Bertz CT molecular complexity index is 530. The molecule has 2 saturated heterocycles. The molecule has 2 aliphatic heterocycles. The first kappa shape index (κ1) is 15.2. The Morgan fingerprint density at radius 1 is 1.36 bits per heavy atom. The molecule has 0 radical (unpaired) electrons. The maximum Gasteiger partial charge on any atom is 0.256 e. The largest absolute Gasteiger partial charge is 0.362 e. The Kier molecular flexibility index (Phi) is 4.30. The molecule has 1 atom stereocenters. The lowest BCUT2D eigenvalue weighted by Crippen LogP contribution is -2.61. The summed E-state index contributed by atoms with van der Waals surface area (Å²) in [4.78, 5) is 33.6. The Balaban J connectivity index is 1.60. The second-order valence-electron chi connectivity index (χ2n) is 5.75. The van der Waals surface area contributed by atoms with Crippen LogP contribution in [0.5, 0.6) is 0 Å². The lowest BCUT2D eigenvalue weighted by molar-refractivity contribution is -0.168. The Morgan fingerprint density at radius 3 is 2.77 bits per heavy atom. The quantitative estimate of drug-likeness (QED) is 0.735. The minimum atomic E-state index is -0.928. The molecule has 3 heterocycles. The van der Waals surface area contributed by atoms with Gasteiger partial charge in [0, 0.05) is 44.3 Å². The Labute approximate surface area is 133 Å². The summed E-state index contributed by atoms with van der Waals surface area (Å²) in [5.74, 6) is -0.0298. The molecule has 0 spiro atoms. The van der Waals surface area contributed by atoms with E-state index >= 15 is 0 Å². The summed E-state index contributed by atoms with van der Waals surface area (Å²) in [6, 6.07) is 0. The number of hydrogen-bond donors (Lipinski definition) is 0. The second-order valence-corrected chi connectivity index (χ2v) is 6.62. The molecule has 1 aromatic heterocycles. The maximum atomic E-state index is 12.8. The highest BCUT2D eigenvalue weighted by atomic mass is 32.1. The smallest absolute Gasteiger partial charge is 0.256 e. The van der Waals surface area contributed by atoms with Gasteiger partial charge in [-0.25, -0.2) is 4.98 Å². The van der Waals surface area contributed by atoms with Crippen LogP contribution in [0.15, 0.2) is 11.6 Å². The fraction of sp³-hybridized carbons (Fsp3) is 0.643. The Hall–Kier alpha value is -1.67. The third kappa shape index (κ3) is 2.93. The number of hydrogen-bond acceptors (Lipinski definition) is 6. The number of carbonyl (C=O) groups is 2. The zero-order valence-electron chi connectivity index (χ0n) is 12.6. The number of rotatable bonds is 3. The number of carbonyl (C=O) groups excluding carboxylic acids is 2. The van der Waals surface area contributed by atoms with Crippen LogP contribution >= 0.6 is 11.3 Å². The fourth-order valence-corrected chi connectivity index (χ4v) is 3.62. The molecule has 0 N–H and O–H groups in total. The van der Waals surface area contributed by atoms with Gasteiger partial charge in [0.15, 0.2) is 10.7 Å². The number of thiazole rings is 1. The summed E-state index contributed by atoms with van der Waals surface area (Å²) in [6.45, 7) is 5.89. The van der Waals surface area contributed by atoms with Crippen molar-refractivity contribution in [1.82, 2.24) is 14.8 Å². The van der Waals surface area contributed by atoms with Crippen LogP contribution in [0.2, 0.25) is 0 Å². The van der Waals surface area contributed by atoms with Gasteiger partial charge in [0.05, 0.1) is 13.2 Å². The van der Waals surface area contributed by atoms with E-state index in [4.69, 9.17) is 4.74 Å². The number of anilines is 1. The third-order valence-electron chi connectivity index (χ3n) is 4.16. The van der Waals surface area contributed by atoms with Gasteiger partial charge in [0.25, 0.3) is 5.91 Å². The highest BCUT2D eigenvalue weighted by Gasteiger charge is 2.42. The molecule has 3 rings (SSSR count). The summed E-state index contributed by atoms with van der Waals surface area (Å²) in [6.07, 6.45) is 2.58. The average Bonchev–Trinajstić information content (AvgIpc) is 3.09. The van der Waals surface area contributed by atoms with Gasteiger partial charge < -0.3 is 19.4 Å². The number of aromatic nitrogens is 1. The van der Waals surface area contributed by atoms with Crippen LogP contribution in [0.3, 0.4) is 0 Å². The van der Waals surface area contributed by atoms with E-state index in [9.17, 15) is 9.59 Å². The van der Waals surface area contributed by atoms with Crippen molar-refractivity contribution in [3.05, 3.63) is 11.6 Å². The summed E-state index contributed by atoms with van der Waals surface area (Å²) < 4.78 is 5.70. The molecule has 2 aliphatic rings. The molecule has 0 unspecified atom stereocenters. The van der Waals surface area contributed by atoms with Gasteiger partial charge in [-0.1, -0.05) is 0 Å². The van der Waals surface area contributed by atoms with E-state index in [0.717, 1.165) is 24.6 Å². The van der Waals surface area contributed by atoms with Gasteiger partial charge in [-0.2, -0.15) is 0 Å². The van der Waals surface area contributed by atoms with E-state index in [1.807, 2.05) is 10.3 Å². The fourth-order valence-electron chi connectivity index (χ4n) is 2.93. The van der Waals surface area contributed by atoms with Crippen LogP contribution < -0.4 is 4.90 Å². The van der Waals surface area contributed by atoms with Crippen molar-refractivity contribution in [3.63, 3.8) is 0 Å². The predicted octanol–water partition coefficient (Wildman–Crippen LogP) is 0.0390. The standard InChI is InChI=1S/C14H20N4O3S/c1-14(10-16(11-19)7-8-21-14)12(20)17-3-5-18(6-4-17)13-15-2-9-22-13/h2,9,11H,3-8,10H2,1H3/t14-/m0/s1. The molecule has 7 nitrogen and oxygen atoms in total. The highest BCUT2D eigenvalue weighted by molar-refractivity contribution is 7.13. The first-order valence-electron chi connectivity index (χ1n) is 7.39. The van der Waals surface area contributed by atoms with Gasteiger partial charge >= 0.3 is 0 Å². The van der Waals surface area contributed by atoms with Crippen LogP contribution in [-0.2, 0) is 14.3 Å². The van der Waals surface area contributed by atoms with E-state index in [0.29, 0.717) is 32.8 Å². The number of ether oxygens (including phenoxy) is 1. The van der Waals surface area contributed by atoms with Crippen molar-refractivity contribution in [3.8, 4) is 0 Å². The van der Waals surface area contributed by atoms with E-state index in [1.54, 1.807) is 29.4 Å². The molecule has 22 heavy (non-hydrogen) atoms. The van der Waals surface area contributed by atoms with Gasteiger partial charge in [-0.15, -0.1) is 11.3 Å². The highest BCUT2D eigenvalue weighted by Crippen LogP contribution is 2.23. The second kappa shape index (κ2) is 6.21. The van der Waals surface area contributed by atoms with E-state index < -0.39 is 5.60 Å². The molecule has 8 heteroatoms. The van der Waals surface area contributed by atoms with Gasteiger partial charge in [0.2, 0.25) is 6.41 Å². The number of morpholine rings is 1. The van der Waals surface area contributed by atoms with Crippen LogP contribution in [0, 0.1) is 0 Å². The summed E-state index contributed by atoms with van der Waals surface area (Å²) in [5, 5.41) is 2.96. The topological polar surface area (TPSA) is 66.0 Å². The molecule has 0 saturated carbocycles. The SMILES string of the molecule is C[C@@]1(C(=O)N2CCN(c3nccs3)CC2)CN(C=O)CCO1. The van der Waals surface area contributed by atoms with E-state index in [2.05, 4.69) is 9.88 Å². The minimum Gasteiger partial charge on any atom is -0.362 e. The monoisotopic (exact) mass is 324 g/mol. The molecule has 2 amide bonds. The lowest BCUT2D eigenvalue weighted by atomic mass is 10.0. The van der Waals surface area contributed by atoms with Gasteiger partial charge in [0.1, 0.15) is 0 Å². The molecular weight excluding hydrogens is 304 g/mol. The van der Waals surface area contributed by atoms with Gasteiger partial charge in [-0.3, -0.25) is 9.59 Å². The van der Waals surface area contributed by atoms with E-state index in [1.165, 1.54) is 0 Å². The predicted molar refractivity (Wildman–Crippen MR) is 82.9 cm³/mol. The molecule has 0 aliphatic carbocycles. The molecule has 0 aromatic carbocycles. The minimum absolute atomic E-state index is 0.0298. The van der Waals surface area contributed by atoms with Crippen molar-refractivity contribution >= 4 is 28.8 Å². The summed E-state index contributed by atoms with van der Waals surface area (Å²) in [5.41, 5.74) is -0.928. The molecule has 1 aromatic rings. The molecule has 2 fully saturated rings. The maximum absolute atomic E-state index is 12.8. The zero-order chi connectivity index (χ0) is 15.6. The number of piperazine rings is 1. The van der Waals surface area contributed by atoms with Crippen molar-refractivity contribution in [2.45, 2.75) is 12.5 Å². The first-order chi connectivity index (χ1) is 10.6. The van der Waals surface area contributed by atoms with Crippen LogP contribution in [0.1, 0.15) is 6.92 Å². The number of nitrogens with zero attached hydrogens (tertiary/aromatic N) is 4. The lowest BCUT2D eigenvalue weighted by Gasteiger charge is -2.43. The summed E-state index contributed by atoms with van der Waals surface area (Å²) >= 11 is 1.61. The van der Waals surface area contributed by atoms with Crippen molar-refractivity contribution in [2.24, 2.45) is 0 Å². The zero-order valence-corrected chi connectivity index (χ0v) is 13.4. The van der Waals surface area contributed by atoms with Crippen molar-refractivity contribution in [1.29, 1.82) is 0 Å². The van der Waals surface area contributed by atoms with Gasteiger partial charge in [-0.05, 0) is 6.92 Å². The Morgan fingerprint density at radius 2 is 2.14 bits per heavy atom. The van der Waals surface area contributed by atoms with Crippen LogP contribution in [0.4, 0.5) is 5.13 Å². The normalized spacial score (nSPS) is 26.1.